The summed E-state index contributed by atoms with van der Waals surface area (Å²) in [4.78, 5) is 26.7. The maximum absolute atomic E-state index is 13.6. The molecule has 33 heavy (non-hydrogen) atoms. The summed E-state index contributed by atoms with van der Waals surface area (Å²) in [5.41, 5.74) is 4.44. The smallest absolute Gasteiger partial charge is 0.336 e. The van der Waals surface area contributed by atoms with Crippen LogP contribution in [-0.2, 0) is 14.3 Å². The summed E-state index contributed by atoms with van der Waals surface area (Å²) >= 11 is 6.57. The molecule has 0 saturated heterocycles. The number of rotatable bonds is 6. The molecule has 0 aromatic heterocycles. The van der Waals surface area contributed by atoms with E-state index in [9.17, 15) is 9.59 Å². The minimum absolute atomic E-state index is 0.0165. The van der Waals surface area contributed by atoms with Crippen LogP contribution in [0.15, 0.2) is 71.1 Å². The van der Waals surface area contributed by atoms with Gasteiger partial charge in [0.25, 0.3) is 0 Å². The molecule has 0 spiro atoms. The van der Waals surface area contributed by atoms with Crippen molar-refractivity contribution < 1.29 is 19.1 Å². The van der Waals surface area contributed by atoms with Crippen LogP contribution < -0.4 is 10.1 Å². The number of hydrogen-bond donors (Lipinski definition) is 1. The molecule has 4 rings (SSSR count). The summed E-state index contributed by atoms with van der Waals surface area (Å²) in [7, 11) is 1.63. The van der Waals surface area contributed by atoms with Gasteiger partial charge in [0.15, 0.2) is 5.78 Å². The zero-order valence-electron chi connectivity index (χ0n) is 19.1. The first-order valence-electron chi connectivity index (χ1n) is 11.2. The molecule has 0 amide bonds. The van der Waals surface area contributed by atoms with Crippen molar-refractivity contribution in [3.8, 4) is 5.75 Å². The monoisotopic (exact) mass is 465 g/mol. The summed E-state index contributed by atoms with van der Waals surface area (Å²) in [6.45, 7) is 4.13. The Morgan fingerprint density at radius 2 is 1.85 bits per heavy atom. The number of carbonyl (C=O) groups is 2. The molecule has 0 bridgehead atoms. The standard InChI is InChI=1S/C27H28ClNO4/c1-4-13-33-27(31)24-16(2)29-22-14-18(17-9-11-19(32-3)12-10-17)15-23(30)26(22)25(24)20-7-5-6-8-21(20)28/h5-12,18,25,29H,4,13-15H2,1-3H3/t18-,25-/m1/s1. The highest BCUT2D eigenvalue weighted by Crippen LogP contribution is 2.47. The van der Waals surface area contributed by atoms with Crippen molar-refractivity contribution in [3.63, 3.8) is 0 Å². The van der Waals surface area contributed by atoms with Crippen LogP contribution in [0.2, 0.25) is 5.02 Å². The second-order valence-electron chi connectivity index (χ2n) is 8.45. The molecule has 2 aromatic rings. The summed E-state index contributed by atoms with van der Waals surface area (Å²) in [5, 5.41) is 3.89. The van der Waals surface area contributed by atoms with Crippen molar-refractivity contribution in [2.24, 2.45) is 0 Å². The minimum Gasteiger partial charge on any atom is -0.497 e. The number of nitrogens with one attached hydrogen (secondary N) is 1. The molecule has 2 atom stereocenters. The summed E-state index contributed by atoms with van der Waals surface area (Å²) in [5.74, 6) is -0.123. The van der Waals surface area contributed by atoms with E-state index in [-0.39, 0.29) is 11.7 Å². The van der Waals surface area contributed by atoms with E-state index in [1.165, 1.54) is 0 Å². The van der Waals surface area contributed by atoms with Crippen LogP contribution in [-0.4, -0.2) is 25.5 Å². The Morgan fingerprint density at radius 1 is 1.12 bits per heavy atom. The van der Waals surface area contributed by atoms with Gasteiger partial charge in [-0.15, -0.1) is 0 Å². The van der Waals surface area contributed by atoms with Crippen molar-refractivity contribution >= 4 is 23.4 Å². The predicted octanol–water partition coefficient (Wildman–Crippen LogP) is 5.66. The van der Waals surface area contributed by atoms with Crippen molar-refractivity contribution in [1.29, 1.82) is 0 Å². The first kappa shape index (κ1) is 23.1. The SMILES string of the molecule is CCCOC(=O)C1=C(C)NC2=C(C(=O)C[C@H](c3ccc(OC)cc3)C2)[C@@H]1c1ccccc1Cl. The third-order valence-corrected chi connectivity index (χ3v) is 6.63. The van der Waals surface area contributed by atoms with Crippen LogP contribution in [0.25, 0.3) is 0 Å². The maximum atomic E-state index is 13.6. The van der Waals surface area contributed by atoms with E-state index in [0.717, 1.165) is 29.0 Å². The molecule has 172 valence electrons. The lowest BCUT2D eigenvalue weighted by Crippen LogP contribution is -2.36. The number of ether oxygens (including phenoxy) is 2. The predicted molar refractivity (Wildman–Crippen MR) is 128 cm³/mol. The Balaban J connectivity index is 1.76. The molecule has 0 saturated carbocycles. The van der Waals surface area contributed by atoms with E-state index < -0.39 is 11.9 Å². The summed E-state index contributed by atoms with van der Waals surface area (Å²) < 4.78 is 10.8. The van der Waals surface area contributed by atoms with Gasteiger partial charge in [-0.2, -0.15) is 0 Å². The second-order valence-corrected chi connectivity index (χ2v) is 8.86. The number of esters is 1. The molecule has 0 radical (unpaired) electrons. The molecular weight excluding hydrogens is 438 g/mol. The fraction of sp³-hybridized carbons (Fsp3) is 0.333. The molecule has 1 aliphatic carbocycles. The highest BCUT2D eigenvalue weighted by Gasteiger charge is 2.42. The Morgan fingerprint density at radius 3 is 2.52 bits per heavy atom. The van der Waals surface area contributed by atoms with Crippen LogP contribution >= 0.6 is 11.6 Å². The van der Waals surface area contributed by atoms with Gasteiger partial charge >= 0.3 is 5.97 Å². The highest BCUT2D eigenvalue weighted by atomic mass is 35.5. The zero-order chi connectivity index (χ0) is 23.5. The third kappa shape index (κ3) is 4.55. The molecule has 0 unspecified atom stereocenters. The maximum Gasteiger partial charge on any atom is 0.336 e. The Hall–Kier alpha value is -3.05. The van der Waals surface area contributed by atoms with Crippen molar-refractivity contribution in [2.45, 2.75) is 44.9 Å². The van der Waals surface area contributed by atoms with Crippen molar-refractivity contribution in [1.82, 2.24) is 5.32 Å². The number of dihydropyridines is 1. The van der Waals surface area contributed by atoms with Crippen LogP contribution in [0.5, 0.6) is 5.75 Å². The normalized spacial score (nSPS) is 20.3. The molecule has 5 nitrogen and oxygen atoms in total. The van der Waals surface area contributed by atoms with Gasteiger partial charge in [-0.1, -0.05) is 48.9 Å². The van der Waals surface area contributed by atoms with E-state index in [0.29, 0.717) is 41.3 Å². The second kappa shape index (κ2) is 9.84. The van der Waals surface area contributed by atoms with Crippen LogP contribution in [0.4, 0.5) is 0 Å². The largest absolute Gasteiger partial charge is 0.497 e. The molecule has 1 aliphatic heterocycles. The first-order chi connectivity index (χ1) is 15.9. The van der Waals surface area contributed by atoms with Gasteiger partial charge in [0.2, 0.25) is 0 Å². The van der Waals surface area contributed by atoms with Crippen LogP contribution in [0, 0.1) is 0 Å². The lowest BCUT2D eigenvalue weighted by atomic mass is 9.71. The number of ketones is 1. The summed E-state index contributed by atoms with van der Waals surface area (Å²) in [6.07, 6.45) is 1.76. The van der Waals surface area contributed by atoms with Gasteiger partial charge in [-0.3, -0.25) is 4.79 Å². The van der Waals surface area contributed by atoms with Crippen molar-refractivity contribution in [2.75, 3.05) is 13.7 Å². The van der Waals surface area contributed by atoms with Crippen LogP contribution in [0.3, 0.4) is 0 Å². The number of halogens is 1. The number of hydrogen-bond acceptors (Lipinski definition) is 5. The molecule has 6 heteroatoms. The molecule has 2 aliphatic rings. The molecule has 0 fully saturated rings. The van der Waals surface area contributed by atoms with Crippen molar-refractivity contribution in [3.05, 3.63) is 87.2 Å². The number of benzene rings is 2. The van der Waals surface area contributed by atoms with E-state index in [1.54, 1.807) is 13.2 Å². The molecule has 2 aromatic carbocycles. The first-order valence-corrected chi connectivity index (χ1v) is 11.6. The number of Topliss-reactive ketones (excluding diaryl/α,β-unsaturated/α-hetero) is 1. The van der Waals surface area contributed by atoms with Gasteiger partial charge in [-0.05, 0) is 55.0 Å². The fourth-order valence-electron chi connectivity index (χ4n) is 4.71. The fourth-order valence-corrected chi connectivity index (χ4v) is 4.96. The van der Waals surface area contributed by atoms with E-state index >= 15 is 0 Å². The quantitative estimate of drug-likeness (QED) is 0.557. The van der Waals surface area contributed by atoms with Gasteiger partial charge in [0.1, 0.15) is 5.75 Å². The lowest BCUT2D eigenvalue weighted by molar-refractivity contribution is -0.139. The van der Waals surface area contributed by atoms with Gasteiger partial charge in [0.05, 0.1) is 19.3 Å². The van der Waals surface area contributed by atoms with Crippen LogP contribution in [0.1, 0.15) is 56.1 Å². The van der Waals surface area contributed by atoms with E-state index in [1.807, 2.05) is 56.3 Å². The van der Waals surface area contributed by atoms with E-state index in [4.69, 9.17) is 21.1 Å². The minimum atomic E-state index is -0.552. The van der Waals surface area contributed by atoms with Gasteiger partial charge in [-0.25, -0.2) is 4.79 Å². The molecule has 1 N–H and O–H groups in total. The third-order valence-electron chi connectivity index (χ3n) is 6.29. The summed E-state index contributed by atoms with van der Waals surface area (Å²) in [6, 6.07) is 15.2. The van der Waals surface area contributed by atoms with Gasteiger partial charge < -0.3 is 14.8 Å². The Labute approximate surface area is 199 Å². The lowest BCUT2D eigenvalue weighted by Gasteiger charge is -2.37. The average molecular weight is 466 g/mol. The highest BCUT2D eigenvalue weighted by molar-refractivity contribution is 6.31. The molecular formula is C27H28ClNO4. The molecule has 1 heterocycles. The topological polar surface area (TPSA) is 64.6 Å². The average Bonchev–Trinajstić information content (AvgIpc) is 2.82. The number of allylic oxidation sites excluding steroid dienone is 3. The number of carbonyl (C=O) groups excluding carboxylic acids is 2. The Kier molecular flexibility index (Phi) is 6.89. The number of methoxy groups -OCH3 is 1. The Bertz CT molecular complexity index is 1130. The van der Waals surface area contributed by atoms with Gasteiger partial charge in [0, 0.05) is 34.3 Å². The van der Waals surface area contributed by atoms with E-state index in [2.05, 4.69) is 5.32 Å². The zero-order valence-corrected chi connectivity index (χ0v) is 19.9.